The van der Waals surface area contributed by atoms with Crippen LogP contribution in [0.4, 0.5) is 0 Å². The fourth-order valence-corrected chi connectivity index (χ4v) is 3.80. The number of carbonyl (C=O) groups excluding carboxylic acids is 1. The van der Waals surface area contributed by atoms with Crippen LogP contribution in [0.25, 0.3) is 0 Å². The zero-order valence-corrected chi connectivity index (χ0v) is 11.9. The predicted octanol–water partition coefficient (Wildman–Crippen LogP) is 2.93. The third-order valence-electron chi connectivity index (χ3n) is 3.33. The number of hydrogen-bond donors (Lipinski definition) is 0. The Morgan fingerprint density at radius 3 is 2.75 bits per heavy atom. The molecule has 0 aromatic heterocycles. The highest BCUT2D eigenvalue weighted by Crippen LogP contribution is 2.34. The van der Waals surface area contributed by atoms with E-state index in [4.69, 9.17) is 4.74 Å². The van der Waals surface area contributed by atoms with E-state index in [1.807, 2.05) is 30.3 Å². The van der Waals surface area contributed by atoms with E-state index in [0.29, 0.717) is 17.1 Å². The molecule has 2 aromatic rings. The molecule has 0 bridgehead atoms. The number of hydrogen-bond acceptors (Lipinski definition) is 3. The highest BCUT2D eigenvalue weighted by atomic mass is 32.2. The molecule has 0 radical (unpaired) electrons. The van der Waals surface area contributed by atoms with Crippen molar-refractivity contribution in [2.24, 2.45) is 0 Å². The Morgan fingerprint density at radius 1 is 1.20 bits per heavy atom. The van der Waals surface area contributed by atoms with Gasteiger partial charge in [0.2, 0.25) is 0 Å². The van der Waals surface area contributed by atoms with Gasteiger partial charge in [-0.05, 0) is 19.1 Å². The van der Waals surface area contributed by atoms with Gasteiger partial charge in [0.25, 0.3) is 0 Å². The molecule has 0 N–H and O–H groups in total. The molecule has 0 aliphatic carbocycles. The first-order chi connectivity index (χ1) is 9.70. The van der Waals surface area contributed by atoms with E-state index in [9.17, 15) is 9.35 Å². The second kappa shape index (κ2) is 5.31. The highest BCUT2D eigenvalue weighted by Gasteiger charge is 2.29. The molecule has 0 saturated carbocycles. The van der Waals surface area contributed by atoms with Gasteiger partial charge in [0.15, 0.2) is 9.79 Å². The second-order valence-electron chi connectivity index (χ2n) is 4.60. The molecule has 3 rings (SSSR count). The van der Waals surface area contributed by atoms with Crippen LogP contribution in [0.5, 0.6) is 0 Å². The molecule has 0 saturated heterocycles. The van der Waals surface area contributed by atoms with Crippen molar-refractivity contribution in [1.29, 1.82) is 0 Å². The van der Waals surface area contributed by atoms with Gasteiger partial charge in [0, 0.05) is 34.8 Å². The monoisotopic (exact) mass is 286 g/mol. The lowest BCUT2D eigenvalue weighted by molar-refractivity contribution is 0.0526. The lowest BCUT2D eigenvalue weighted by Gasteiger charge is -2.21. The number of rotatable bonds is 2. The van der Waals surface area contributed by atoms with Gasteiger partial charge in [0.05, 0.1) is 12.2 Å². The smallest absolute Gasteiger partial charge is 0.338 e. The summed E-state index contributed by atoms with van der Waals surface area (Å²) in [7, 11) is 0. The number of carbonyl (C=O) groups is 1. The fraction of sp³-hybridized carbons (Fsp3) is 0.188. The Hall–Kier alpha value is -1.78. The van der Waals surface area contributed by atoms with E-state index in [1.165, 1.54) is 0 Å². The van der Waals surface area contributed by atoms with Crippen molar-refractivity contribution in [2.45, 2.75) is 23.1 Å². The molecule has 1 unspecified atom stereocenters. The fourth-order valence-electron chi connectivity index (χ4n) is 2.37. The highest BCUT2D eigenvalue weighted by molar-refractivity contribution is 7.91. The van der Waals surface area contributed by atoms with Gasteiger partial charge in [-0.25, -0.2) is 4.79 Å². The van der Waals surface area contributed by atoms with Crippen LogP contribution in [0, 0.1) is 0 Å². The summed E-state index contributed by atoms with van der Waals surface area (Å²) in [5.41, 5.74) is 2.55. The molecule has 1 atom stereocenters. The Kier molecular flexibility index (Phi) is 3.51. The standard InChI is InChI=1S/C16H14O3S/c1-2-19-16(17)13-8-7-12-9-11-5-3-4-6-14(11)20(18)15(12)10-13/h3-8,10H,2,9H2,1H3. The summed E-state index contributed by atoms with van der Waals surface area (Å²) in [4.78, 5) is 13.3. The van der Waals surface area contributed by atoms with E-state index < -0.39 is 11.2 Å². The molecule has 102 valence electrons. The third kappa shape index (κ3) is 2.21. The van der Waals surface area contributed by atoms with Gasteiger partial charge in [-0.2, -0.15) is 0 Å². The number of benzene rings is 2. The number of fused-ring (bicyclic) bond motifs is 2. The van der Waals surface area contributed by atoms with Crippen LogP contribution in [0.2, 0.25) is 0 Å². The molecular formula is C16H14O3S. The molecule has 1 aliphatic heterocycles. The summed E-state index contributed by atoms with van der Waals surface area (Å²) >= 11 is -1.23. The van der Waals surface area contributed by atoms with E-state index in [0.717, 1.165) is 22.4 Å². The molecule has 0 spiro atoms. The first-order valence-corrected chi connectivity index (χ1v) is 7.65. The van der Waals surface area contributed by atoms with Gasteiger partial charge in [-0.1, -0.05) is 24.3 Å². The largest absolute Gasteiger partial charge is 0.606 e. The summed E-state index contributed by atoms with van der Waals surface area (Å²) < 4.78 is 17.6. The molecule has 0 fully saturated rings. The Morgan fingerprint density at radius 2 is 1.95 bits per heavy atom. The summed E-state index contributed by atoms with van der Waals surface area (Å²) in [5.74, 6) is -0.369. The Bertz CT molecular complexity index is 667. The Labute approximate surface area is 120 Å². The van der Waals surface area contributed by atoms with Gasteiger partial charge >= 0.3 is 5.97 Å². The summed E-state index contributed by atoms with van der Waals surface area (Å²) in [6, 6.07) is 13.0. The third-order valence-corrected chi connectivity index (χ3v) is 4.91. The van der Waals surface area contributed by atoms with Crippen molar-refractivity contribution in [2.75, 3.05) is 6.61 Å². The number of ether oxygens (including phenoxy) is 1. The molecule has 3 nitrogen and oxygen atoms in total. The van der Waals surface area contributed by atoms with Crippen LogP contribution in [-0.4, -0.2) is 17.1 Å². The SMILES string of the molecule is CCOC(=O)c1ccc2c(c1)[S+]([O-])c1ccccc1C2. The van der Waals surface area contributed by atoms with Crippen LogP contribution in [0.15, 0.2) is 52.3 Å². The van der Waals surface area contributed by atoms with E-state index in [1.54, 1.807) is 19.1 Å². The van der Waals surface area contributed by atoms with Crippen LogP contribution >= 0.6 is 0 Å². The average Bonchev–Trinajstić information content (AvgIpc) is 2.47. The van der Waals surface area contributed by atoms with Crippen LogP contribution in [0.1, 0.15) is 28.4 Å². The molecule has 2 aromatic carbocycles. The van der Waals surface area contributed by atoms with Crippen LogP contribution < -0.4 is 0 Å². The van der Waals surface area contributed by atoms with Crippen molar-refractivity contribution >= 4 is 17.1 Å². The predicted molar refractivity (Wildman–Crippen MR) is 76.3 cm³/mol. The topological polar surface area (TPSA) is 49.4 Å². The summed E-state index contributed by atoms with van der Waals surface area (Å²) in [5, 5.41) is 0. The summed E-state index contributed by atoms with van der Waals surface area (Å²) in [6.07, 6.45) is 0.750. The van der Waals surface area contributed by atoms with E-state index >= 15 is 0 Å². The lowest BCUT2D eigenvalue weighted by atomic mass is 10.0. The minimum Gasteiger partial charge on any atom is -0.606 e. The van der Waals surface area contributed by atoms with Gasteiger partial charge in [-0.15, -0.1) is 0 Å². The Balaban J connectivity index is 2.02. The van der Waals surface area contributed by atoms with Crippen molar-refractivity contribution in [1.82, 2.24) is 0 Å². The van der Waals surface area contributed by atoms with Crippen LogP contribution in [-0.2, 0) is 22.3 Å². The quantitative estimate of drug-likeness (QED) is 0.630. The molecule has 0 amide bonds. The van der Waals surface area contributed by atoms with E-state index in [-0.39, 0.29) is 5.97 Å². The van der Waals surface area contributed by atoms with Crippen molar-refractivity contribution in [3.8, 4) is 0 Å². The molecule has 4 heteroatoms. The minimum atomic E-state index is -1.23. The van der Waals surface area contributed by atoms with Gasteiger partial charge in [-0.3, -0.25) is 0 Å². The number of esters is 1. The molecular weight excluding hydrogens is 272 g/mol. The maximum absolute atomic E-state index is 12.6. The van der Waals surface area contributed by atoms with Crippen molar-refractivity contribution < 1.29 is 14.1 Å². The lowest BCUT2D eigenvalue weighted by Crippen LogP contribution is -2.16. The maximum atomic E-state index is 12.6. The van der Waals surface area contributed by atoms with E-state index in [2.05, 4.69) is 0 Å². The van der Waals surface area contributed by atoms with Crippen molar-refractivity contribution in [3.05, 3.63) is 59.2 Å². The molecule has 1 heterocycles. The minimum absolute atomic E-state index is 0.335. The first kappa shape index (κ1) is 13.2. The normalized spacial score (nSPS) is 16.2. The average molecular weight is 286 g/mol. The van der Waals surface area contributed by atoms with Gasteiger partial charge < -0.3 is 9.29 Å². The summed E-state index contributed by atoms with van der Waals surface area (Å²) in [6.45, 7) is 2.10. The first-order valence-electron chi connectivity index (χ1n) is 6.50. The maximum Gasteiger partial charge on any atom is 0.338 e. The second-order valence-corrected chi connectivity index (χ2v) is 6.01. The van der Waals surface area contributed by atoms with Crippen molar-refractivity contribution in [3.63, 3.8) is 0 Å². The molecule has 20 heavy (non-hydrogen) atoms. The zero-order chi connectivity index (χ0) is 14.1. The van der Waals surface area contributed by atoms with Crippen LogP contribution in [0.3, 0.4) is 0 Å². The van der Waals surface area contributed by atoms with Gasteiger partial charge in [0.1, 0.15) is 0 Å². The molecule has 1 aliphatic rings. The zero-order valence-electron chi connectivity index (χ0n) is 11.1.